The smallest absolute Gasteiger partial charge is 0.224 e. The van der Waals surface area contributed by atoms with Crippen LogP contribution in [0.3, 0.4) is 0 Å². The lowest BCUT2D eigenvalue weighted by molar-refractivity contribution is -0.115. The van der Waals surface area contributed by atoms with Crippen molar-refractivity contribution >= 4 is 11.6 Å². The average Bonchev–Trinajstić information content (AvgIpc) is 2.09. The fourth-order valence-corrected chi connectivity index (χ4v) is 0.752. The Morgan fingerprint density at radius 3 is 3.00 bits per heavy atom. The highest BCUT2D eigenvalue weighted by Crippen LogP contribution is 1.95. The van der Waals surface area contributed by atoms with Crippen molar-refractivity contribution in [1.29, 1.82) is 0 Å². The van der Waals surface area contributed by atoms with E-state index in [9.17, 15) is 9.59 Å². The fourth-order valence-electron chi connectivity index (χ4n) is 0.752. The predicted octanol–water partition coefficient (Wildman–Crippen LogP) is 0.723. The molecule has 1 amide bonds. The number of nitrogens with one attached hydrogen (secondary N) is 2. The first-order valence-corrected chi connectivity index (χ1v) is 3.71. The highest BCUT2D eigenvalue weighted by atomic mass is 16.2. The third-order valence-electron chi connectivity index (χ3n) is 1.42. The van der Waals surface area contributed by atoms with Crippen LogP contribution < -0.4 is 10.7 Å². The Bertz CT molecular complexity index is 330. The Balaban J connectivity index is 2.83. The summed E-state index contributed by atoms with van der Waals surface area (Å²) in [4.78, 5) is 24.6. The summed E-state index contributed by atoms with van der Waals surface area (Å²) in [7, 11) is 0. The minimum Gasteiger partial charge on any atom is -0.366 e. The lowest BCUT2D eigenvalue weighted by atomic mass is 10.4. The minimum absolute atomic E-state index is 0.160. The summed E-state index contributed by atoms with van der Waals surface area (Å²) < 4.78 is 0. The number of anilines is 1. The molecule has 1 aromatic heterocycles. The van der Waals surface area contributed by atoms with Gasteiger partial charge in [-0.05, 0) is 0 Å². The van der Waals surface area contributed by atoms with E-state index in [1.165, 1.54) is 18.5 Å². The summed E-state index contributed by atoms with van der Waals surface area (Å²) in [6, 6.07) is 1.37. The second-order valence-corrected chi connectivity index (χ2v) is 2.32. The van der Waals surface area contributed by atoms with Crippen LogP contribution in [0.1, 0.15) is 13.3 Å². The van der Waals surface area contributed by atoms with Crippen LogP contribution in [0.5, 0.6) is 0 Å². The van der Waals surface area contributed by atoms with Gasteiger partial charge in [0.2, 0.25) is 11.3 Å². The summed E-state index contributed by atoms with van der Waals surface area (Å²) in [5.74, 6) is -0.160. The van der Waals surface area contributed by atoms with Crippen molar-refractivity contribution in [3.8, 4) is 0 Å². The van der Waals surface area contributed by atoms with Gasteiger partial charge in [0, 0.05) is 24.9 Å². The normalized spacial score (nSPS) is 9.42. The van der Waals surface area contributed by atoms with Gasteiger partial charge in [-0.3, -0.25) is 9.59 Å². The van der Waals surface area contributed by atoms with E-state index in [0.29, 0.717) is 12.1 Å². The Kier molecular flexibility index (Phi) is 2.63. The SMILES string of the molecule is CCC(=O)Nc1c[nH]ccc1=O. The number of rotatable bonds is 2. The average molecular weight is 166 g/mol. The summed E-state index contributed by atoms with van der Waals surface area (Å²) in [6.07, 6.45) is 3.36. The zero-order valence-corrected chi connectivity index (χ0v) is 6.76. The van der Waals surface area contributed by atoms with E-state index in [0.717, 1.165) is 0 Å². The van der Waals surface area contributed by atoms with Crippen molar-refractivity contribution in [1.82, 2.24) is 4.98 Å². The van der Waals surface area contributed by atoms with E-state index in [4.69, 9.17) is 0 Å². The Hall–Kier alpha value is -1.58. The molecule has 0 radical (unpaired) electrons. The number of hydrogen-bond donors (Lipinski definition) is 2. The highest BCUT2D eigenvalue weighted by molar-refractivity contribution is 5.90. The molecule has 0 aliphatic heterocycles. The summed E-state index contributed by atoms with van der Waals surface area (Å²) >= 11 is 0. The molecule has 0 saturated heterocycles. The monoisotopic (exact) mass is 166 g/mol. The van der Waals surface area contributed by atoms with E-state index in [1.807, 2.05) is 0 Å². The van der Waals surface area contributed by atoms with Crippen molar-refractivity contribution < 1.29 is 4.79 Å². The van der Waals surface area contributed by atoms with E-state index in [2.05, 4.69) is 10.3 Å². The largest absolute Gasteiger partial charge is 0.366 e. The zero-order chi connectivity index (χ0) is 8.97. The second kappa shape index (κ2) is 3.71. The van der Waals surface area contributed by atoms with Crippen molar-refractivity contribution in [3.05, 3.63) is 28.7 Å². The molecule has 0 bridgehead atoms. The lowest BCUT2D eigenvalue weighted by Gasteiger charge is -1.99. The summed E-state index contributed by atoms with van der Waals surface area (Å²) in [5.41, 5.74) is 0.111. The zero-order valence-electron chi connectivity index (χ0n) is 6.76. The molecule has 0 saturated carbocycles. The number of aromatic nitrogens is 1. The van der Waals surface area contributed by atoms with Gasteiger partial charge in [-0.25, -0.2) is 0 Å². The molecule has 12 heavy (non-hydrogen) atoms. The molecular formula is C8H10N2O2. The van der Waals surface area contributed by atoms with Crippen molar-refractivity contribution in [2.24, 2.45) is 0 Å². The molecule has 1 rings (SSSR count). The maximum absolute atomic E-state index is 11.0. The van der Waals surface area contributed by atoms with Crippen molar-refractivity contribution in [2.45, 2.75) is 13.3 Å². The molecule has 4 nitrogen and oxygen atoms in total. The minimum atomic E-state index is -0.185. The topological polar surface area (TPSA) is 62.0 Å². The first kappa shape index (κ1) is 8.52. The fraction of sp³-hybridized carbons (Fsp3) is 0.250. The van der Waals surface area contributed by atoms with Crippen LogP contribution >= 0.6 is 0 Å². The standard InChI is InChI=1S/C8H10N2O2/c1-2-8(12)10-6-5-9-4-3-7(6)11/h3-5H,2H2,1H3,(H,9,11)(H,10,12). The molecule has 2 N–H and O–H groups in total. The first-order valence-electron chi connectivity index (χ1n) is 3.71. The maximum Gasteiger partial charge on any atom is 0.224 e. The second-order valence-electron chi connectivity index (χ2n) is 2.32. The number of amides is 1. The van der Waals surface area contributed by atoms with Gasteiger partial charge < -0.3 is 10.3 Å². The van der Waals surface area contributed by atoms with Gasteiger partial charge in [0.1, 0.15) is 5.69 Å². The quantitative estimate of drug-likeness (QED) is 0.680. The van der Waals surface area contributed by atoms with Gasteiger partial charge in [0.25, 0.3) is 0 Å². The molecule has 1 aromatic rings. The van der Waals surface area contributed by atoms with Crippen LogP contribution in [0, 0.1) is 0 Å². The molecule has 0 unspecified atom stereocenters. The van der Waals surface area contributed by atoms with E-state index in [1.54, 1.807) is 6.92 Å². The molecule has 0 aliphatic carbocycles. The lowest BCUT2D eigenvalue weighted by Crippen LogP contribution is -2.16. The van der Waals surface area contributed by atoms with Gasteiger partial charge in [-0.2, -0.15) is 0 Å². The van der Waals surface area contributed by atoms with Gasteiger partial charge in [-0.15, -0.1) is 0 Å². The van der Waals surface area contributed by atoms with Gasteiger partial charge in [0.15, 0.2) is 0 Å². The Labute approximate surface area is 69.6 Å². The van der Waals surface area contributed by atoms with Gasteiger partial charge in [-0.1, -0.05) is 6.92 Å². The van der Waals surface area contributed by atoms with E-state index >= 15 is 0 Å². The molecule has 0 fully saturated rings. The number of hydrogen-bond acceptors (Lipinski definition) is 2. The number of aromatic amines is 1. The molecule has 0 spiro atoms. The number of H-pyrrole nitrogens is 1. The van der Waals surface area contributed by atoms with Crippen LogP contribution in [0.4, 0.5) is 5.69 Å². The molecular weight excluding hydrogens is 156 g/mol. The van der Waals surface area contributed by atoms with Crippen LogP contribution in [0.2, 0.25) is 0 Å². The molecule has 0 atom stereocenters. The Morgan fingerprint density at radius 1 is 1.67 bits per heavy atom. The summed E-state index contributed by atoms with van der Waals surface area (Å²) in [6.45, 7) is 1.73. The first-order chi connectivity index (χ1) is 5.74. The third-order valence-corrected chi connectivity index (χ3v) is 1.42. The number of carbonyl (C=O) groups is 1. The predicted molar refractivity (Wildman–Crippen MR) is 46.0 cm³/mol. The molecule has 64 valence electrons. The van der Waals surface area contributed by atoms with Crippen LogP contribution in [0.25, 0.3) is 0 Å². The van der Waals surface area contributed by atoms with Crippen LogP contribution in [-0.2, 0) is 4.79 Å². The van der Waals surface area contributed by atoms with Crippen molar-refractivity contribution in [2.75, 3.05) is 5.32 Å². The number of carbonyl (C=O) groups excluding carboxylic acids is 1. The Morgan fingerprint density at radius 2 is 2.42 bits per heavy atom. The maximum atomic E-state index is 11.0. The van der Waals surface area contributed by atoms with Crippen LogP contribution in [0.15, 0.2) is 23.3 Å². The van der Waals surface area contributed by atoms with Gasteiger partial charge in [0.05, 0.1) is 0 Å². The molecule has 1 heterocycles. The van der Waals surface area contributed by atoms with Gasteiger partial charge >= 0.3 is 0 Å². The summed E-state index contributed by atoms with van der Waals surface area (Å²) in [5, 5.41) is 2.48. The highest BCUT2D eigenvalue weighted by Gasteiger charge is 2.00. The van der Waals surface area contributed by atoms with E-state index < -0.39 is 0 Å². The molecule has 4 heteroatoms. The van der Waals surface area contributed by atoms with Crippen LogP contribution in [-0.4, -0.2) is 10.9 Å². The molecule has 0 aliphatic rings. The molecule has 0 aromatic carbocycles. The van der Waals surface area contributed by atoms with E-state index in [-0.39, 0.29) is 11.3 Å². The third kappa shape index (κ3) is 1.95. The van der Waals surface area contributed by atoms with Crippen molar-refractivity contribution in [3.63, 3.8) is 0 Å². The number of pyridine rings is 1.